The van der Waals surface area contributed by atoms with E-state index >= 15 is 0 Å². The normalized spacial score (nSPS) is 21.4. The molecular formula is C8H14N2O. The number of hydrogen-bond donors (Lipinski definition) is 3. The molecule has 0 saturated carbocycles. The Morgan fingerprint density at radius 1 is 1.64 bits per heavy atom. The average Bonchev–Trinajstić information content (AvgIpc) is 2.06. The molecule has 1 fully saturated rings. The zero-order valence-electron chi connectivity index (χ0n) is 6.56. The van der Waals surface area contributed by atoms with Crippen molar-refractivity contribution in [2.24, 2.45) is 0 Å². The van der Waals surface area contributed by atoms with E-state index in [1.165, 1.54) is 12.8 Å². The number of aliphatic hydroxyl groups excluding tert-OH is 1. The molecule has 11 heavy (non-hydrogen) atoms. The Hall–Kier alpha value is -0.830. The molecule has 0 aromatic heterocycles. The van der Waals surface area contributed by atoms with Gasteiger partial charge in [0, 0.05) is 12.2 Å². The van der Waals surface area contributed by atoms with Crippen LogP contribution in [0.1, 0.15) is 19.3 Å². The number of hydrogen-bond acceptors (Lipinski definition) is 3. The van der Waals surface area contributed by atoms with E-state index in [1.807, 2.05) is 0 Å². The fourth-order valence-corrected chi connectivity index (χ4v) is 1.16. The van der Waals surface area contributed by atoms with Gasteiger partial charge in [0.15, 0.2) is 0 Å². The third kappa shape index (κ3) is 2.72. The smallest absolute Gasteiger partial charge is 0.0846 e. The molecule has 1 heterocycles. The lowest BCUT2D eigenvalue weighted by Crippen LogP contribution is -2.21. The largest absolute Gasteiger partial charge is 0.390 e. The predicted octanol–water partition coefficient (Wildman–Crippen LogP) is 0.656. The van der Waals surface area contributed by atoms with Gasteiger partial charge in [0.2, 0.25) is 0 Å². The van der Waals surface area contributed by atoms with Crippen LogP contribution in [0.4, 0.5) is 0 Å². The summed E-state index contributed by atoms with van der Waals surface area (Å²) in [5.41, 5.74) is 1.38. The first-order chi connectivity index (χ1) is 5.33. The van der Waals surface area contributed by atoms with Gasteiger partial charge in [-0.1, -0.05) is 0 Å². The quantitative estimate of drug-likeness (QED) is 0.512. The number of aliphatic hydroxyl groups is 1. The van der Waals surface area contributed by atoms with Crippen molar-refractivity contribution >= 4 is 5.71 Å². The fourth-order valence-electron chi connectivity index (χ4n) is 1.16. The maximum atomic E-state index is 8.57. The number of allylic oxidation sites excluding steroid dienone is 1. The van der Waals surface area contributed by atoms with Gasteiger partial charge in [-0.25, -0.2) is 0 Å². The molecule has 1 rings (SSSR count). The fraction of sp³-hybridized carbons (Fsp3) is 0.625. The van der Waals surface area contributed by atoms with Crippen molar-refractivity contribution in [2.45, 2.75) is 19.3 Å². The van der Waals surface area contributed by atoms with Crippen LogP contribution in [0, 0.1) is 5.41 Å². The van der Waals surface area contributed by atoms with E-state index in [4.69, 9.17) is 10.5 Å². The minimum Gasteiger partial charge on any atom is -0.390 e. The van der Waals surface area contributed by atoms with Gasteiger partial charge in [0.25, 0.3) is 0 Å². The number of rotatable bonds is 2. The van der Waals surface area contributed by atoms with E-state index in [2.05, 4.69) is 5.32 Å². The van der Waals surface area contributed by atoms with Crippen LogP contribution in [0.3, 0.4) is 0 Å². The van der Waals surface area contributed by atoms with Crippen LogP contribution in [-0.4, -0.2) is 24.0 Å². The summed E-state index contributed by atoms with van der Waals surface area (Å²) in [4.78, 5) is 0. The Labute approximate surface area is 66.6 Å². The molecule has 0 aromatic carbocycles. The molecule has 3 heteroatoms. The van der Waals surface area contributed by atoms with Crippen molar-refractivity contribution in [3.63, 3.8) is 0 Å². The molecule has 0 bridgehead atoms. The van der Waals surface area contributed by atoms with Crippen LogP contribution in [0.15, 0.2) is 11.8 Å². The highest BCUT2D eigenvalue weighted by molar-refractivity contribution is 5.93. The van der Waals surface area contributed by atoms with Crippen LogP contribution in [-0.2, 0) is 0 Å². The van der Waals surface area contributed by atoms with Gasteiger partial charge in [0.05, 0.1) is 12.3 Å². The molecule has 62 valence electrons. The summed E-state index contributed by atoms with van der Waals surface area (Å²) in [7, 11) is 0. The molecule has 1 saturated heterocycles. The Morgan fingerprint density at radius 2 is 2.45 bits per heavy atom. The van der Waals surface area contributed by atoms with Crippen molar-refractivity contribution in [3.8, 4) is 0 Å². The zero-order chi connectivity index (χ0) is 8.10. The lowest BCUT2D eigenvalue weighted by atomic mass is 10.1. The first-order valence-corrected chi connectivity index (χ1v) is 3.95. The van der Waals surface area contributed by atoms with Crippen molar-refractivity contribution in [1.29, 1.82) is 5.41 Å². The Bertz CT molecular complexity index is 167. The summed E-state index contributed by atoms with van der Waals surface area (Å²) in [6.07, 6.45) is 5.14. The van der Waals surface area contributed by atoms with Crippen molar-refractivity contribution < 1.29 is 5.11 Å². The van der Waals surface area contributed by atoms with Crippen LogP contribution in [0.5, 0.6) is 0 Å². The SMILES string of the molecule is N=C(/C=C1/CCCCN1)CO. The average molecular weight is 154 g/mol. The van der Waals surface area contributed by atoms with Crippen LogP contribution in [0.25, 0.3) is 0 Å². The third-order valence-electron chi connectivity index (χ3n) is 1.74. The summed E-state index contributed by atoms with van der Waals surface area (Å²) in [6, 6.07) is 0. The van der Waals surface area contributed by atoms with E-state index in [0.717, 1.165) is 18.7 Å². The second-order valence-corrected chi connectivity index (χ2v) is 2.74. The van der Waals surface area contributed by atoms with E-state index in [9.17, 15) is 0 Å². The molecule has 3 nitrogen and oxygen atoms in total. The molecule has 0 unspecified atom stereocenters. The Balaban J connectivity index is 2.43. The van der Waals surface area contributed by atoms with Gasteiger partial charge >= 0.3 is 0 Å². The molecular weight excluding hydrogens is 140 g/mol. The maximum absolute atomic E-state index is 8.57. The van der Waals surface area contributed by atoms with Gasteiger partial charge in [-0.15, -0.1) is 0 Å². The number of piperidine rings is 1. The molecule has 0 atom stereocenters. The Morgan fingerprint density at radius 3 is 3.00 bits per heavy atom. The molecule has 0 aliphatic carbocycles. The lowest BCUT2D eigenvalue weighted by Gasteiger charge is -2.16. The van der Waals surface area contributed by atoms with Crippen molar-refractivity contribution in [3.05, 3.63) is 11.8 Å². The first-order valence-electron chi connectivity index (χ1n) is 3.95. The van der Waals surface area contributed by atoms with Gasteiger partial charge in [-0.2, -0.15) is 0 Å². The van der Waals surface area contributed by atoms with Crippen LogP contribution in [0.2, 0.25) is 0 Å². The van der Waals surface area contributed by atoms with E-state index < -0.39 is 0 Å². The summed E-state index contributed by atoms with van der Waals surface area (Å²) >= 11 is 0. The monoisotopic (exact) mass is 154 g/mol. The topological polar surface area (TPSA) is 56.1 Å². The molecule has 1 aliphatic heterocycles. The Kier molecular flexibility index (Phi) is 3.11. The summed E-state index contributed by atoms with van der Waals surface area (Å²) < 4.78 is 0. The molecule has 1 aliphatic rings. The first kappa shape index (κ1) is 8.27. The molecule has 0 amide bonds. The highest BCUT2D eigenvalue weighted by Crippen LogP contribution is 2.09. The minimum absolute atomic E-state index is 0.162. The van der Waals surface area contributed by atoms with E-state index in [1.54, 1.807) is 6.08 Å². The van der Waals surface area contributed by atoms with Gasteiger partial charge in [-0.05, 0) is 25.3 Å². The summed E-state index contributed by atoms with van der Waals surface area (Å²) in [5, 5.41) is 19.0. The van der Waals surface area contributed by atoms with Crippen LogP contribution < -0.4 is 5.32 Å². The molecule has 3 N–H and O–H groups in total. The van der Waals surface area contributed by atoms with E-state index in [0.29, 0.717) is 0 Å². The van der Waals surface area contributed by atoms with Crippen molar-refractivity contribution in [2.75, 3.05) is 13.2 Å². The molecule has 0 aromatic rings. The second-order valence-electron chi connectivity index (χ2n) is 2.74. The lowest BCUT2D eigenvalue weighted by molar-refractivity contribution is 0.357. The van der Waals surface area contributed by atoms with Gasteiger partial charge in [0.1, 0.15) is 0 Å². The second kappa shape index (κ2) is 4.13. The van der Waals surface area contributed by atoms with Gasteiger partial charge in [-0.3, -0.25) is 0 Å². The van der Waals surface area contributed by atoms with Gasteiger partial charge < -0.3 is 15.8 Å². The minimum atomic E-state index is -0.162. The highest BCUT2D eigenvalue weighted by atomic mass is 16.3. The maximum Gasteiger partial charge on any atom is 0.0846 e. The van der Waals surface area contributed by atoms with Crippen molar-refractivity contribution in [1.82, 2.24) is 5.32 Å². The van der Waals surface area contributed by atoms with Crippen LogP contribution >= 0.6 is 0 Å². The molecule has 0 spiro atoms. The summed E-state index contributed by atoms with van der Waals surface area (Å²) in [6.45, 7) is 0.843. The highest BCUT2D eigenvalue weighted by Gasteiger charge is 2.03. The summed E-state index contributed by atoms with van der Waals surface area (Å²) in [5.74, 6) is 0. The van der Waals surface area contributed by atoms with E-state index in [-0.39, 0.29) is 12.3 Å². The zero-order valence-corrected chi connectivity index (χ0v) is 6.56. The standard InChI is InChI=1S/C8H14N2O/c9-7(6-11)5-8-3-1-2-4-10-8/h5,9-11H,1-4,6H2/b8-5-,9-7?. The third-order valence-corrected chi connectivity index (χ3v) is 1.74. The molecule has 0 radical (unpaired) electrons. The number of nitrogens with one attached hydrogen (secondary N) is 2. The predicted molar refractivity (Wildman–Crippen MR) is 44.7 cm³/mol.